The molecule has 1 aromatic carbocycles. The van der Waals surface area contributed by atoms with Crippen LogP contribution in [0.5, 0.6) is 0 Å². The maximum atomic E-state index is 13.1. The number of hydrogen-bond donors (Lipinski definition) is 2. The first-order chi connectivity index (χ1) is 14.1. The predicted molar refractivity (Wildman–Crippen MR) is 109 cm³/mol. The van der Waals surface area contributed by atoms with E-state index in [2.05, 4.69) is 16.8 Å². The summed E-state index contributed by atoms with van der Waals surface area (Å²) < 4.78 is 39.4. The third-order valence-electron chi connectivity index (χ3n) is 6.04. The molecule has 30 heavy (non-hydrogen) atoms. The Morgan fingerprint density at radius 3 is 2.37 bits per heavy atom. The summed E-state index contributed by atoms with van der Waals surface area (Å²) in [5.41, 5.74) is 3.94. The number of rotatable bonds is 4. The summed E-state index contributed by atoms with van der Waals surface area (Å²) >= 11 is 5.83. The summed E-state index contributed by atoms with van der Waals surface area (Å²) in [5, 5.41) is 10.1. The number of piperazine rings is 1. The van der Waals surface area contributed by atoms with Crippen molar-refractivity contribution < 1.29 is 23.1 Å². The van der Waals surface area contributed by atoms with Crippen LogP contribution in [0, 0.1) is 0 Å². The number of piperidine rings is 1. The number of alkyl halides is 3. The molecule has 0 unspecified atom stereocenters. The number of benzene rings is 1. The molecule has 2 saturated heterocycles. The number of carbonyl (C=O) groups excluding carboxylic acids is 1. The molecule has 168 valence electrons. The summed E-state index contributed by atoms with van der Waals surface area (Å²) in [6, 6.07) is 2.53. The van der Waals surface area contributed by atoms with Gasteiger partial charge in [0.2, 0.25) is 0 Å². The van der Waals surface area contributed by atoms with Gasteiger partial charge in [-0.25, -0.2) is 0 Å². The van der Waals surface area contributed by atoms with Crippen molar-refractivity contribution in [3.63, 3.8) is 0 Å². The molecule has 10 heteroatoms. The normalized spacial score (nSPS) is 21.1. The number of aliphatic hydroxyl groups excluding tert-OH is 1. The van der Waals surface area contributed by atoms with Gasteiger partial charge in [-0.1, -0.05) is 11.6 Å². The molecule has 3 N–H and O–H groups in total. The third-order valence-corrected chi connectivity index (χ3v) is 6.35. The Bertz CT molecular complexity index is 761. The Morgan fingerprint density at radius 1 is 1.20 bits per heavy atom. The maximum Gasteiger partial charge on any atom is 0.418 e. The predicted octanol–water partition coefficient (Wildman–Crippen LogP) is 2.08. The molecule has 2 aliphatic rings. The molecule has 0 radical (unpaired) electrons. The number of nitrogens with zero attached hydrogens (tertiary/aromatic N) is 3. The van der Waals surface area contributed by atoms with E-state index in [9.17, 15) is 23.1 Å². The Morgan fingerprint density at radius 2 is 1.80 bits per heavy atom. The van der Waals surface area contributed by atoms with E-state index in [0.29, 0.717) is 19.1 Å². The average Bonchev–Trinajstić information content (AvgIpc) is 2.70. The molecular weight excluding hydrogens is 421 g/mol. The van der Waals surface area contributed by atoms with Crippen LogP contribution < -0.4 is 5.73 Å². The van der Waals surface area contributed by atoms with Crippen LogP contribution in [0.15, 0.2) is 12.1 Å². The monoisotopic (exact) mass is 448 g/mol. The number of nitrogens with two attached hydrogens (primary N) is 1. The van der Waals surface area contributed by atoms with Crippen LogP contribution in [-0.2, 0) is 17.4 Å². The highest BCUT2D eigenvalue weighted by Gasteiger charge is 2.35. The van der Waals surface area contributed by atoms with Gasteiger partial charge in [0, 0.05) is 51.7 Å². The number of hydrogen-bond acceptors (Lipinski definition) is 5. The number of carbonyl (C=O) groups is 1. The fourth-order valence-corrected chi connectivity index (χ4v) is 4.43. The van der Waals surface area contributed by atoms with Crippen molar-refractivity contribution in [2.24, 2.45) is 0 Å². The molecule has 0 saturated carbocycles. The molecule has 0 aliphatic carbocycles. The zero-order valence-corrected chi connectivity index (χ0v) is 17.7. The van der Waals surface area contributed by atoms with Crippen molar-refractivity contribution in [2.45, 2.75) is 37.6 Å². The summed E-state index contributed by atoms with van der Waals surface area (Å²) in [5.74, 6) is -0.465. The molecule has 0 aromatic heterocycles. The Balaban J connectivity index is 1.57. The number of anilines is 1. The number of amides is 1. The first kappa shape index (κ1) is 23.1. The van der Waals surface area contributed by atoms with Gasteiger partial charge in [0.1, 0.15) is 6.10 Å². The molecule has 2 heterocycles. The van der Waals surface area contributed by atoms with Crippen LogP contribution in [0.1, 0.15) is 24.0 Å². The highest BCUT2D eigenvalue weighted by molar-refractivity contribution is 6.33. The molecule has 1 atom stereocenters. The smallest absolute Gasteiger partial charge is 0.397 e. The minimum Gasteiger partial charge on any atom is -0.397 e. The maximum absolute atomic E-state index is 13.1. The lowest BCUT2D eigenvalue weighted by atomic mass is 9.99. The number of likely N-dealkylation sites (N-methyl/N-ethyl adjacent to an activating group) is 1. The van der Waals surface area contributed by atoms with E-state index < -0.39 is 29.4 Å². The second kappa shape index (κ2) is 9.30. The molecule has 0 bridgehead atoms. The Hall–Kier alpha value is -1.55. The molecule has 1 amide bonds. The van der Waals surface area contributed by atoms with Gasteiger partial charge in [0.25, 0.3) is 5.91 Å². The molecule has 6 nitrogen and oxygen atoms in total. The molecule has 1 aromatic rings. The van der Waals surface area contributed by atoms with Crippen LogP contribution in [0.3, 0.4) is 0 Å². The minimum absolute atomic E-state index is 0.120. The summed E-state index contributed by atoms with van der Waals surface area (Å²) in [6.45, 7) is 5.14. The van der Waals surface area contributed by atoms with Crippen LogP contribution in [0.2, 0.25) is 5.02 Å². The minimum atomic E-state index is -4.66. The van der Waals surface area contributed by atoms with E-state index in [1.807, 2.05) is 0 Å². The topological polar surface area (TPSA) is 73.0 Å². The van der Waals surface area contributed by atoms with Gasteiger partial charge in [-0.15, -0.1) is 0 Å². The summed E-state index contributed by atoms with van der Waals surface area (Å²) in [6.07, 6.45) is -4.68. The fraction of sp³-hybridized carbons (Fsp3) is 0.650. The van der Waals surface area contributed by atoms with Crippen LogP contribution in [-0.4, -0.2) is 84.2 Å². The van der Waals surface area contributed by atoms with E-state index >= 15 is 0 Å². The van der Waals surface area contributed by atoms with Crippen molar-refractivity contribution in [3.8, 4) is 0 Å². The van der Waals surface area contributed by atoms with E-state index in [-0.39, 0.29) is 17.0 Å². The zero-order valence-electron chi connectivity index (χ0n) is 17.0. The van der Waals surface area contributed by atoms with E-state index in [1.54, 1.807) is 4.90 Å². The van der Waals surface area contributed by atoms with Crippen molar-refractivity contribution in [3.05, 3.63) is 28.3 Å². The van der Waals surface area contributed by atoms with Gasteiger partial charge in [-0.3, -0.25) is 9.69 Å². The second-order valence-corrected chi connectivity index (χ2v) is 8.56. The van der Waals surface area contributed by atoms with Gasteiger partial charge >= 0.3 is 6.18 Å². The fourth-order valence-electron chi connectivity index (χ4n) is 4.19. The Labute approximate surface area is 179 Å². The molecular formula is C20H28ClF3N4O2. The van der Waals surface area contributed by atoms with Gasteiger partial charge < -0.3 is 20.6 Å². The average molecular weight is 449 g/mol. The summed E-state index contributed by atoms with van der Waals surface area (Å²) in [7, 11) is 2.10. The van der Waals surface area contributed by atoms with Crippen LogP contribution >= 0.6 is 11.6 Å². The van der Waals surface area contributed by atoms with E-state index in [0.717, 1.165) is 45.1 Å². The quantitative estimate of drug-likeness (QED) is 0.690. The molecule has 3 rings (SSSR count). The summed E-state index contributed by atoms with van der Waals surface area (Å²) in [4.78, 5) is 19.0. The Kier molecular flexibility index (Phi) is 7.16. The lowest BCUT2D eigenvalue weighted by molar-refractivity contribution is -0.141. The molecule has 2 aliphatic heterocycles. The van der Waals surface area contributed by atoms with Gasteiger partial charge in [-0.2, -0.15) is 13.2 Å². The van der Waals surface area contributed by atoms with Crippen LogP contribution in [0.4, 0.5) is 18.9 Å². The first-order valence-electron chi connectivity index (χ1n) is 10.1. The number of aliphatic hydroxyl groups is 1. The highest BCUT2D eigenvalue weighted by Crippen LogP contribution is 2.38. The third kappa shape index (κ3) is 5.38. The SMILES string of the molecule is CN1CCN(C2CCN(C(=O)[C@H](O)Cc3cc(Cl)c(N)c(C(F)(F)F)c3)CC2)CC1. The van der Waals surface area contributed by atoms with Crippen molar-refractivity contribution in [1.29, 1.82) is 0 Å². The van der Waals surface area contributed by atoms with Crippen molar-refractivity contribution >= 4 is 23.2 Å². The standard InChI is InChI=1S/C20H28ClF3N4O2/c1-26-6-8-27(9-7-26)14-2-4-28(5-3-14)19(30)17(29)12-13-10-15(20(22,23)24)18(25)16(21)11-13/h10-11,14,17,29H,2-9,12,25H2,1H3/t17-/m1/s1. The van der Waals surface area contributed by atoms with Gasteiger partial charge in [0.05, 0.1) is 16.3 Å². The number of halogens is 4. The lowest BCUT2D eigenvalue weighted by Crippen LogP contribution is -2.54. The number of nitrogen functional groups attached to an aromatic ring is 1. The van der Waals surface area contributed by atoms with Gasteiger partial charge in [-0.05, 0) is 37.6 Å². The number of likely N-dealkylation sites (tertiary alicyclic amines) is 1. The second-order valence-electron chi connectivity index (χ2n) is 8.15. The molecule has 2 fully saturated rings. The highest BCUT2D eigenvalue weighted by atomic mass is 35.5. The lowest BCUT2D eigenvalue weighted by Gasteiger charge is -2.42. The zero-order chi connectivity index (χ0) is 22.1. The van der Waals surface area contributed by atoms with Crippen LogP contribution in [0.25, 0.3) is 0 Å². The van der Waals surface area contributed by atoms with Crippen molar-refractivity contribution in [2.75, 3.05) is 52.0 Å². The first-order valence-corrected chi connectivity index (χ1v) is 10.5. The van der Waals surface area contributed by atoms with Gasteiger partial charge in [0.15, 0.2) is 0 Å². The van der Waals surface area contributed by atoms with Crippen molar-refractivity contribution in [1.82, 2.24) is 14.7 Å². The van der Waals surface area contributed by atoms with E-state index in [4.69, 9.17) is 17.3 Å². The largest absolute Gasteiger partial charge is 0.418 e. The molecule has 0 spiro atoms. The van der Waals surface area contributed by atoms with E-state index in [1.165, 1.54) is 6.07 Å².